The Kier molecular flexibility index (Phi) is 3.98. The Balaban J connectivity index is 2.34. The Morgan fingerprint density at radius 2 is 1.79 bits per heavy atom. The number of rotatable bonds is 2. The normalized spacial score (nSPS) is 10.3. The number of aryl methyl sites for hydroxylation is 1. The molecule has 0 aliphatic rings. The number of nitrogen functional groups attached to an aromatic ring is 1. The average molecular weight is 295 g/mol. The Bertz CT molecular complexity index is 621. The van der Waals surface area contributed by atoms with Crippen LogP contribution in [0.4, 0.5) is 11.4 Å². The molecule has 98 valence electrons. The number of halogens is 2. The van der Waals surface area contributed by atoms with E-state index < -0.39 is 0 Å². The quantitative estimate of drug-likeness (QED) is 0.818. The molecule has 0 radical (unpaired) electrons. The standard InChI is InChI=1S/C14H12Cl2N2O/c1-8-5-6-12(17)9(7-8)14(19)18-13-10(15)3-2-4-11(13)16/h2-7H,17H2,1H3,(H,18,19). The van der Waals surface area contributed by atoms with Crippen molar-refractivity contribution >= 4 is 40.5 Å². The van der Waals surface area contributed by atoms with Crippen LogP contribution in [0.2, 0.25) is 10.0 Å². The number of nitrogens with two attached hydrogens (primary N) is 1. The van der Waals surface area contributed by atoms with Crippen molar-refractivity contribution in [2.45, 2.75) is 6.92 Å². The Morgan fingerprint density at radius 1 is 1.16 bits per heavy atom. The first kappa shape index (κ1) is 13.7. The van der Waals surface area contributed by atoms with E-state index in [0.29, 0.717) is 27.0 Å². The fraction of sp³-hybridized carbons (Fsp3) is 0.0714. The van der Waals surface area contributed by atoms with Crippen molar-refractivity contribution in [1.82, 2.24) is 0 Å². The number of anilines is 2. The first-order valence-corrected chi connectivity index (χ1v) is 6.36. The van der Waals surface area contributed by atoms with Gasteiger partial charge in [0.2, 0.25) is 0 Å². The van der Waals surface area contributed by atoms with Gasteiger partial charge < -0.3 is 11.1 Å². The molecule has 3 nitrogen and oxygen atoms in total. The van der Waals surface area contributed by atoms with Gasteiger partial charge in [-0.1, -0.05) is 40.9 Å². The third-order valence-corrected chi connectivity index (χ3v) is 3.28. The molecule has 0 unspecified atom stereocenters. The summed E-state index contributed by atoms with van der Waals surface area (Å²) >= 11 is 12.0. The molecule has 0 heterocycles. The topological polar surface area (TPSA) is 55.1 Å². The zero-order valence-electron chi connectivity index (χ0n) is 10.2. The summed E-state index contributed by atoms with van der Waals surface area (Å²) < 4.78 is 0. The second kappa shape index (κ2) is 5.51. The molecule has 0 aromatic heterocycles. The third-order valence-electron chi connectivity index (χ3n) is 2.65. The molecule has 5 heteroatoms. The molecular formula is C14H12Cl2N2O. The van der Waals surface area contributed by atoms with E-state index >= 15 is 0 Å². The molecule has 2 rings (SSSR count). The van der Waals surface area contributed by atoms with Crippen LogP contribution in [0.3, 0.4) is 0 Å². The second-order valence-electron chi connectivity index (χ2n) is 4.14. The lowest BCUT2D eigenvalue weighted by Gasteiger charge is -2.11. The van der Waals surface area contributed by atoms with Gasteiger partial charge in [-0.15, -0.1) is 0 Å². The maximum absolute atomic E-state index is 12.2. The highest BCUT2D eigenvalue weighted by molar-refractivity contribution is 6.40. The lowest BCUT2D eigenvalue weighted by molar-refractivity contribution is 0.102. The van der Waals surface area contributed by atoms with E-state index in [-0.39, 0.29) is 5.91 Å². The van der Waals surface area contributed by atoms with Gasteiger partial charge in [-0.25, -0.2) is 0 Å². The zero-order valence-corrected chi connectivity index (χ0v) is 11.7. The lowest BCUT2D eigenvalue weighted by atomic mass is 10.1. The highest BCUT2D eigenvalue weighted by Crippen LogP contribution is 2.30. The van der Waals surface area contributed by atoms with Gasteiger partial charge in [0.1, 0.15) is 0 Å². The van der Waals surface area contributed by atoms with E-state index in [1.54, 1.807) is 30.3 Å². The summed E-state index contributed by atoms with van der Waals surface area (Å²) in [5.41, 5.74) is 7.94. The molecule has 2 aromatic rings. The van der Waals surface area contributed by atoms with Gasteiger partial charge in [0.15, 0.2) is 0 Å². The van der Waals surface area contributed by atoms with Gasteiger partial charge in [-0.2, -0.15) is 0 Å². The molecule has 0 atom stereocenters. The Labute approximate surface area is 121 Å². The van der Waals surface area contributed by atoms with Gasteiger partial charge in [0, 0.05) is 5.69 Å². The van der Waals surface area contributed by atoms with Crippen molar-refractivity contribution in [3.05, 3.63) is 57.6 Å². The van der Waals surface area contributed by atoms with Gasteiger partial charge in [0.25, 0.3) is 5.91 Å². The highest BCUT2D eigenvalue weighted by Gasteiger charge is 2.13. The molecule has 1 amide bonds. The molecule has 2 aromatic carbocycles. The molecule has 0 spiro atoms. The van der Waals surface area contributed by atoms with Crippen molar-refractivity contribution in [3.8, 4) is 0 Å². The molecule has 3 N–H and O–H groups in total. The van der Waals surface area contributed by atoms with Crippen LogP contribution in [-0.4, -0.2) is 5.91 Å². The zero-order chi connectivity index (χ0) is 14.0. The summed E-state index contributed by atoms with van der Waals surface area (Å²) in [6.07, 6.45) is 0. The van der Waals surface area contributed by atoms with E-state index in [9.17, 15) is 4.79 Å². The van der Waals surface area contributed by atoms with E-state index in [1.807, 2.05) is 13.0 Å². The van der Waals surface area contributed by atoms with Gasteiger partial charge >= 0.3 is 0 Å². The summed E-state index contributed by atoms with van der Waals surface area (Å²) in [6, 6.07) is 10.3. The van der Waals surface area contributed by atoms with Crippen LogP contribution in [0, 0.1) is 6.92 Å². The SMILES string of the molecule is Cc1ccc(N)c(C(=O)Nc2c(Cl)cccc2Cl)c1. The van der Waals surface area contributed by atoms with Gasteiger partial charge in [-0.05, 0) is 31.2 Å². The number of benzene rings is 2. The van der Waals surface area contributed by atoms with Crippen LogP contribution in [0.25, 0.3) is 0 Å². The molecule has 19 heavy (non-hydrogen) atoms. The summed E-state index contributed by atoms with van der Waals surface area (Å²) in [6.45, 7) is 1.89. The number of hydrogen-bond donors (Lipinski definition) is 2. The number of amides is 1. The second-order valence-corrected chi connectivity index (χ2v) is 4.96. The van der Waals surface area contributed by atoms with E-state index in [1.165, 1.54) is 0 Å². The van der Waals surface area contributed by atoms with Gasteiger partial charge in [-0.3, -0.25) is 4.79 Å². The number of carbonyl (C=O) groups excluding carboxylic acids is 1. The summed E-state index contributed by atoms with van der Waals surface area (Å²) in [4.78, 5) is 12.2. The van der Waals surface area contributed by atoms with Crippen LogP contribution in [-0.2, 0) is 0 Å². The predicted octanol–water partition coefficient (Wildman–Crippen LogP) is 4.14. The van der Waals surface area contributed by atoms with Crippen LogP contribution < -0.4 is 11.1 Å². The number of hydrogen-bond acceptors (Lipinski definition) is 2. The summed E-state index contributed by atoms with van der Waals surface area (Å²) in [5.74, 6) is -0.337. The third kappa shape index (κ3) is 3.00. The van der Waals surface area contributed by atoms with E-state index in [4.69, 9.17) is 28.9 Å². The maximum Gasteiger partial charge on any atom is 0.257 e. The van der Waals surface area contributed by atoms with Crippen LogP contribution in [0.1, 0.15) is 15.9 Å². The molecular weight excluding hydrogens is 283 g/mol. The molecule has 0 saturated heterocycles. The largest absolute Gasteiger partial charge is 0.398 e. The van der Waals surface area contributed by atoms with Crippen molar-refractivity contribution in [2.24, 2.45) is 0 Å². The number of para-hydroxylation sites is 1. The number of nitrogens with one attached hydrogen (secondary N) is 1. The number of carbonyl (C=O) groups is 1. The monoisotopic (exact) mass is 294 g/mol. The predicted molar refractivity (Wildman–Crippen MR) is 80.0 cm³/mol. The average Bonchev–Trinajstić information content (AvgIpc) is 2.37. The fourth-order valence-corrected chi connectivity index (χ4v) is 2.16. The fourth-order valence-electron chi connectivity index (χ4n) is 1.66. The molecule has 0 bridgehead atoms. The van der Waals surface area contributed by atoms with Crippen molar-refractivity contribution in [1.29, 1.82) is 0 Å². The van der Waals surface area contributed by atoms with Crippen molar-refractivity contribution in [3.63, 3.8) is 0 Å². The molecule has 0 aliphatic heterocycles. The Hall–Kier alpha value is -1.71. The first-order chi connectivity index (χ1) is 8.99. The van der Waals surface area contributed by atoms with Gasteiger partial charge in [0.05, 0.1) is 21.3 Å². The smallest absolute Gasteiger partial charge is 0.257 e. The highest BCUT2D eigenvalue weighted by atomic mass is 35.5. The molecule has 0 aliphatic carbocycles. The maximum atomic E-state index is 12.2. The van der Waals surface area contributed by atoms with Crippen molar-refractivity contribution < 1.29 is 4.79 Å². The van der Waals surface area contributed by atoms with Crippen LogP contribution in [0.5, 0.6) is 0 Å². The minimum absolute atomic E-state index is 0.337. The minimum atomic E-state index is -0.337. The first-order valence-electron chi connectivity index (χ1n) is 5.60. The Morgan fingerprint density at radius 3 is 2.42 bits per heavy atom. The molecule has 0 fully saturated rings. The van der Waals surface area contributed by atoms with Crippen LogP contribution >= 0.6 is 23.2 Å². The minimum Gasteiger partial charge on any atom is -0.398 e. The molecule has 0 saturated carbocycles. The van der Waals surface area contributed by atoms with E-state index in [2.05, 4.69) is 5.32 Å². The lowest BCUT2D eigenvalue weighted by Crippen LogP contribution is -2.14. The summed E-state index contributed by atoms with van der Waals surface area (Å²) in [5, 5.41) is 3.44. The summed E-state index contributed by atoms with van der Waals surface area (Å²) in [7, 11) is 0. The van der Waals surface area contributed by atoms with Crippen LogP contribution in [0.15, 0.2) is 36.4 Å². The van der Waals surface area contributed by atoms with Crippen molar-refractivity contribution in [2.75, 3.05) is 11.1 Å². The van der Waals surface area contributed by atoms with E-state index in [0.717, 1.165) is 5.56 Å².